The van der Waals surface area contributed by atoms with Crippen LogP contribution >= 0.6 is 15.4 Å². The molecule has 90 valence electrons. The number of hydrogen-bond donors (Lipinski definition) is 4. The van der Waals surface area contributed by atoms with Crippen LogP contribution in [0.4, 0.5) is 0 Å². The van der Waals surface area contributed by atoms with Gasteiger partial charge in [0, 0.05) is 0 Å². The van der Waals surface area contributed by atoms with E-state index in [9.17, 15) is 9.13 Å². The molecular weight excluding hydrogens is 269 g/mol. The van der Waals surface area contributed by atoms with Gasteiger partial charge in [0.15, 0.2) is 0 Å². The molecule has 0 amide bonds. The van der Waals surface area contributed by atoms with Crippen molar-refractivity contribution in [2.75, 3.05) is 12.8 Å². The van der Waals surface area contributed by atoms with Gasteiger partial charge in [0.05, 0.1) is 12.8 Å². The Morgan fingerprint density at radius 1 is 1.31 bits per heavy atom. The summed E-state index contributed by atoms with van der Waals surface area (Å²) in [5.74, 6) is 0. The van der Waals surface area contributed by atoms with E-state index in [2.05, 4.69) is 4.31 Å². The van der Waals surface area contributed by atoms with E-state index in [0.29, 0.717) is 5.57 Å². The van der Waals surface area contributed by atoms with E-state index in [1.807, 2.05) is 0 Å². The standard InChI is InChI=1S/C6H14O7P2.Na/c1-6(5-7)3-2-4-14(8,9)13-15(10,11)12;/h3,7H,2,4-5H2,1H3,(H,8,9)(H2,10,11,12);/q;+1/b6-3+;. The van der Waals surface area contributed by atoms with E-state index >= 15 is 0 Å². The first-order valence-electron chi connectivity index (χ1n) is 4.01. The van der Waals surface area contributed by atoms with Gasteiger partial charge in [0.25, 0.3) is 0 Å². The average Bonchev–Trinajstić information content (AvgIpc) is 1.98. The van der Waals surface area contributed by atoms with Crippen molar-refractivity contribution in [3.63, 3.8) is 0 Å². The van der Waals surface area contributed by atoms with Crippen LogP contribution in [0.25, 0.3) is 0 Å². The number of aliphatic hydroxyl groups excluding tert-OH is 1. The molecule has 1 atom stereocenters. The number of phosphoric acid groups is 1. The van der Waals surface area contributed by atoms with Gasteiger partial charge in [0.2, 0.25) is 0 Å². The molecule has 4 N–H and O–H groups in total. The molecule has 0 fully saturated rings. The SMILES string of the molecule is C/C(=C\CCP(=O)(O)OP(=O)(O)O)CO.[Na+]. The summed E-state index contributed by atoms with van der Waals surface area (Å²) in [4.78, 5) is 25.6. The fourth-order valence-corrected chi connectivity index (χ4v) is 2.86. The molecule has 0 saturated carbocycles. The topological polar surface area (TPSA) is 124 Å². The summed E-state index contributed by atoms with van der Waals surface area (Å²) in [7, 11) is -9.21. The Kier molecular flexibility index (Phi) is 9.87. The summed E-state index contributed by atoms with van der Waals surface area (Å²) in [5, 5.41) is 8.60. The van der Waals surface area contributed by atoms with Crippen molar-refractivity contribution in [3.8, 4) is 0 Å². The van der Waals surface area contributed by atoms with Crippen LogP contribution in [-0.2, 0) is 13.4 Å². The smallest absolute Gasteiger partial charge is 0.392 e. The molecule has 0 spiro atoms. The molecule has 0 aliphatic carbocycles. The van der Waals surface area contributed by atoms with Gasteiger partial charge in [-0.25, -0.2) is 8.88 Å². The van der Waals surface area contributed by atoms with Crippen LogP contribution in [0.15, 0.2) is 11.6 Å². The van der Waals surface area contributed by atoms with Gasteiger partial charge in [-0.1, -0.05) is 11.6 Å². The van der Waals surface area contributed by atoms with Gasteiger partial charge in [-0.3, -0.25) is 4.57 Å². The Labute approximate surface area is 116 Å². The summed E-state index contributed by atoms with van der Waals surface area (Å²) in [6, 6.07) is 0. The minimum Gasteiger partial charge on any atom is -0.392 e. The molecule has 0 rings (SSSR count). The molecule has 0 aromatic heterocycles. The summed E-state index contributed by atoms with van der Waals surface area (Å²) in [5.41, 5.74) is 0.603. The van der Waals surface area contributed by atoms with E-state index in [0.717, 1.165) is 0 Å². The van der Waals surface area contributed by atoms with Crippen LogP contribution in [0, 0.1) is 0 Å². The van der Waals surface area contributed by atoms with Crippen LogP contribution in [0.3, 0.4) is 0 Å². The minimum absolute atomic E-state index is 0. The molecule has 0 aromatic rings. The van der Waals surface area contributed by atoms with E-state index in [1.54, 1.807) is 6.92 Å². The minimum atomic E-state index is -4.94. The number of allylic oxidation sites excluding steroid dienone is 1. The molecule has 0 aliphatic rings. The second-order valence-electron chi connectivity index (χ2n) is 2.93. The van der Waals surface area contributed by atoms with Crippen molar-refractivity contribution in [2.45, 2.75) is 13.3 Å². The first-order chi connectivity index (χ1) is 6.66. The summed E-state index contributed by atoms with van der Waals surface area (Å²) < 4.78 is 25.1. The van der Waals surface area contributed by atoms with Crippen LogP contribution in [0.1, 0.15) is 13.3 Å². The first kappa shape index (κ1) is 19.3. The van der Waals surface area contributed by atoms with E-state index in [4.69, 9.17) is 19.8 Å². The maximum Gasteiger partial charge on any atom is 1.00 e. The molecule has 0 saturated heterocycles. The predicted octanol–water partition coefficient (Wildman–Crippen LogP) is -2.39. The quantitative estimate of drug-likeness (QED) is 0.243. The molecule has 0 heterocycles. The van der Waals surface area contributed by atoms with Gasteiger partial charge in [-0.2, -0.15) is 0 Å². The molecule has 0 aromatic carbocycles. The van der Waals surface area contributed by atoms with Gasteiger partial charge < -0.3 is 19.8 Å². The normalized spacial score (nSPS) is 16.4. The third kappa shape index (κ3) is 11.5. The number of rotatable bonds is 6. The second kappa shape index (κ2) is 8.16. The predicted molar refractivity (Wildman–Crippen MR) is 53.3 cm³/mol. The molecular formula is C6H14NaO7P2+. The van der Waals surface area contributed by atoms with Crippen LogP contribution in [0.2, 0.25) is 0 Å². The third-order valence-electron chi connectivity index (χ3n) is 1.39. The fraction of sp³-hybridized carbons (Fsp3) is 0.667. The van der Waals surface area contributed by atoms with E-state index in [-0.39, 0.29) is 42.6 Å². The van der Waals surface area contributed by atoms with Crippen LogP contribution < -0.4 is 29.6 Å². The number of hydrogen-bond acceptors (Lipinski definition) is 4. The average molecular weight is 283 g/mol. The van der Waals surface area contributed by atoms with Gasteiger partial charge >= 0.3 is 45.0 Å². The Balaban J connectivity index is 0. The maximum atomic E-state index is 11.0. The van der Waals surface area contributed by atoms with Crippen molar-refractivity contribution in [1.29, 1.82) is 0 Å². The fourth-order valence-electron chi connectivity index (χ4n) is 0.746. The maximum absolute atomic E-state index is 11.0. The van der Waals surface area contributed by atoms with Gasteiger partial charge in [-0.05, 0) is 13.3 Å². The van der Waals surface area contributed by atoms with E-state index < -0.39 is 21.6 Å². The summed E-state index contributed by atoms with van der Waals surface area (Å²) in [6.45, 7) is 1.45. The largest absolute Gasteiger partial charge is 1.00 e. The molecule has 1 unspecified atom stereocenters. The zero-order chi connectivity index (χ0) is 12.1. The summed E-state index contributed by atoms with van der Waals surface area (Å²) >= 11 is 0. The number of aliphatic hydroxyl groups is 1. The van der Waals surface area contributed by atoms with Crippen molar-refractivity contribution >= 4 is 15.4 Å². The summed E-state index contributed by atoms with van der Waals surface area (Å²) in [6.07, 6.45) is 1.18. The Morgan fingerprint density at radius 2 is 1.81 bits per heavy atom. The zero-order valence-electron chi connectivity index (χ0n) is 9.11. The third-order valence-corrected chi connectivity index (χ3v) is 4.08. The van der Waals surface area contributed by atoms with Crippen molar-refractivity contribution < 1.29 is 62.8 Å². The second-order valence-corrected chi connectivity index (χ2v) is 6.29. The van der Waals surface area contributed by atoms with Gasteiger partial charge in [-0.15, -0.1) is 0 Å². The van der Waals surface area contributed by atoms with Crippen LogP contribution in [-0.4, -0.2) is 32.6 Å². The van der Waals surface area contributed by atoms with Crippen molar-refractivity contribution in [2.24, 2.45) is 0 Å². The molecule has 0 radical (unpaired) electrons. The van der Waals surface area contributed by atoms with Crippen molar-refractivity contribution in [3.05, 3.63) is 11.6 Å². The molecule has 0 aliphatic heterocycles. The molecule has 16 heavy (non-hydrogen) atoms. The molecule has 7 nitrogen and oxygen atoms in total. The Hall–Kier alpha value is 1.000. The van der Waals surface area contributed by atoms with Crippen molar-refractivity contribution in [1.82, 2.24) is 0 Å². The molecule has 10 heteroatoms. The zero-order valence-corrected chi connectivity index (χ0v) is 12.9. The monoisotopic (exact) mass is 283 g/mol. The first-order valence-corrected chi connectivity index (χ1v) is 7.31. The van der Waals surface area contributed by atoms with E-state index in [1.165, 1.54) is 6.08 Å². The van der Waals surface area contributed by atoms with Gasteiger partial charge in [0.1, 0.15) is 0 Å². The van der Waals surface area contributed by atoms with Crippen LogP contribution in [0.5, 0.6) is 0 Å². The Morgan fingerprint density at radius 3 is 2.19 bits per heavy atom. The molecule has 0 bridgehead atoms. The Bertz CT molecular complexity index is 323.